The summed E-state index contributed by atoms with van der Waals surface area (Å²) in [6, 6.07) is 15.2. The Morgan fingerprint density at radius 2 is 2.06 bits per heavy atom. The lowest BCUT2D eigenvalue weighted by molar-refractivity contribution is 0.0656. The molecule has 0 saturated carbocycles. The number of oxazole rings is 1. The first-order valence-electron chi connectivity index (χ1n) is 10.8. The number of benzene rings is 2. The van der Waals surface area contributed by atoms with Crippen molar-refractivity contribution in [2.75, 3.05) is 13.1 Å². The van der Waals surface area contributed by atoms with Gasteiger partial charge in [0.25, 0.3) is 5.91 Å². The van der Waals surface area contributed by atoms with Gasteiger partial charge in [0.1, 0.15) is 17.3 Å². The third-order valence-corrected chi connectivity index (χ3v) is 5.97. The average Bonchev–Trinajstić information content (AvgIpc) is 3.49. The lowest BCUT2D eigenvalue weighted by Crippen LogP contribution is -2.39. The maximum Gasteiger partial charge on any atom is 0.292 e. The lowest BCUT2D eigenvalue weighted by Gasteiger charge is -2.30. The van der Waals surface area contributed by atoms with Gasteiger partial charge in [-0.2, -0.15) is 0 Å². The molecule has 1 saturated heterocycles. The van der Waals surface area contributed by atoms with E-state index in [2.05, 4.69) is 10.1 Å². The summed E-state index contributed by atoms with van der Waals surface area (Å²) in [4.78, 5) is 19.2. The van der Waals surface area contributed by atoms with Crippen LogP contribution in [0.4, 0.5) is 4.39 Å². The molecule has 0 N–H and O–H groups in total. The molecule has 0 unspecified atom stereocenters. The molecule has 4 aromatic rings. The smallest absolute Gasteiger partial charge is 0.292 e. The Balaban J connectivity index is 1.26. The maximum atomic E-state index is 13.5. The fourth-order valence-corrected chi connectivity index (χ4v) is 4.33. The Hall–Kier alpha value is -3.45. The second-order valence-electron chi connectivity index (χ2n) is 8.15. The molecule has 0 radical (unpaired) electrons. The standard InChI is InChI=1S/C25H21ClFN3O3/c26-19-7-1-4-16(10-19)11-21-14-28-24(32-21)18-6-3-9-30(15-18)25(31)23-13-22(29-33-23)17-5-2-8-20(27)12-17/h1-2,4-5,7-8,10,12-14,18H,3,6,9,11,15H2/t18-/m1/s1. The van der Waals surface area contributed by atoms with E-state index in [-0.39, 0.29) is 23.4 Å². The third kappa shape index (κ3) is 4.83. The van der Waals surface area contributed by atoms with E-state index < -0.39 is 0 Å². The van der Waals surface area contributed by atoms with Crippen LogP contribution in [0.5, 0.6) is 0 Å². The van der Waals surface area contributed by atoms with Gasteiger partial charge in [-0.25, -0.2) is 9.37 Å². The Labute approximate surface area is 195 Å². The van der Waals surface area contributed by atoms with E-state index in [4.69, 9.17) is 20.5 Å². The van der Waals surface area contributed by atoms with Gasteiger partial charge >= 0.3 is 0 Å². The molecular weight excluding hydrogens is 445 g/mol. The molecule has 1 aliphatic heterocycles. The zero-order valence-corrected chi connectivity index (χ0v) is 18.5. The number of nitrogens with zero attached hydrogens (tertiary/aromatic N) is 3. The Bertz CT molecular complexity index is 1290. The first-order chi connectivity index (χ1) is 16.0. The summed E-state index contributed by atoms with van der Waals surface area (Å²) in [7, 11) is 0. The predicted octanol–water partition coefficient (Wildman–Crippen LogP) is 5.73. The summed E-state index contributed by atoms with van der Waals surface area (Å²) in [6.07, 6.45) is 4.04. The summed E-state index contributed by atoms with van der Waals surface area (Å²) in [5, 5.41) is 4.62. The van der Waals surface area contributed by atoms with Crippen molar-refractivity contribution < 1.29 is 18.1 Å². The number of halogens is 2. The second-order valence-corrected chi connectivity index (χ2v) is 8.59. The maximum absolute atomic E-state index is 13.5. The quantitative estimate of drug-likeness (QED) is 0.376. The van der Waals surface area contributed by atoms with Crippen LogP contribution in [0, 0.1) is 5.82 Å². The topological polar surface area (TPSA) is 72.4 Å². The summed E-state index contributed by atoms with van der Waals surface area (Å²) in [5.41, 5.74) is 2.02. The van der Waals surface area contributed by atoms with Crippen LogP contribution in [0.15, 0.2) is 69.7 Å². The van der Waals surface area contributed by atoms with Crippen LogP contribution >= 0.6 is 11.6 Å². The highest BCUT2D eigenvalue weighted by molar-refractivity contribution is 6.30. The Morgan fingerprint density at radius 3 is 2.91 bits per heavy atom. The fourth-order valence-electron chi connectivity index (χ4n) is 4.12. The van der Waals surface area contributed by atoms with E-state index in [1.54, 1.807) is 29.3 Å². The first kappa shape index (κ1) is 21.4. The molecule has 8 heteroatoms. The van der Waals surface area contributed by atoms with Crippen LogP contribution in [0.3, 0.4) is 0 Å². The molecule has 0 aliphatic carbocycles. The van der Waals surface area contributed by atoms with Crippen LogP contribution in [0.25, 0.3) is 11.3 Å². The van der Waals surface area contributed by atoms with Gasteiger partial charge in [-0.3, -0.25) is 4.79 Å². The van der Waals surface area contributed by atoms with Crippen LogP contribution in [-0.4, -0.2) is 34.0 Å². The minimum atomic E-state index is -0.372. The van der Waals surface area contributed by atoms with E-state index in [1.165, 1.54) is 12.1 Å². The van der Waals surface area contributed by atoms with Crippen molar-refractivity contribution in [1.29, 1.82) is 0 Å². The van der Waals surface area contributed by atoms with E-state index >= 15 is 0 Å². The predicted molar refractivity (Wildman–Crippen MR) is 121 cm³/mol. The number of aromatic nitrogens is 2. The second kappa shape index (κ2) is 9.19. The number of hydrogen-bond acceptors (Lipinski definition) is 5. The van der Waals surface area contributed by atoms with E-state index in [0.717, 1.165) is 24.2 Å². The minimum absolute atomic E-state index is 0.00132. The SMILES string of the molecule is O=C(c1cc(-c2cccc(F)c2)no1)N1CCC[C@@H](c2ncc(Cc3cccc(Cl)c3)o2)C1. The lowest BCUT2D eigenvalue weighted by atomic mass is 9.98. The number of amides is 1. The molecule has 1 atom stereocenters. The summed E-state index contributed by atoms with van der Waals surface area (Å²) in [6.45, 7) is 1.09. The van der Waals surface area contributed by atoms with Gasteiger partial charge in [-0.15, -0.1) is 0 Å². The normalized spacial score (nSPS) is 16.2. The number of piperidine rings is 1. The van der Waals surface area contributed by atoms with Crippen molar-refractivity contribution in [3.05, 3.63) is 94.6 Å². The Kier molecular flexibility index (Phi) is 5.96. The van der Waals surface area contributed by atoms with Crippen molar-refractivity contribution >= 4 is 17.5 Å². The molecule has 3 heterocycles. The number of carbonyl (C=O) groups excluding carboxylic acids is 1. The number of hydrogen-bond donors (Lipinski definition) is 0. The molecule has 2 aromatic heterocycles. The highest BCUT2D eigenvalue weighted by atomic mass is 35.5. The zero-order valence-electron chi connectivity index (χ0n) is 17.7. The van der Waals surface area contributed by atoms with Crippen molar-refractivity contribution in [3.63, 3.8) is 0 Å². The molecule has 2 aromatic carbocycles. The molecule has 0 bridgehead atoms. The van der Waals surface area contributed by atoms with E-state index in [0.29, 0.717) is 41.7 Å². The summed E-state index contributed by atoms with van der Waals surface area (Å²) >= 11 is 6.06. The molecule has 6 nitrogen and oxygen atoms in total. The van der Waals surface area contributed by atoms with E-state index in [1.807, 2.05) is 24.3 Å². The van der Waals surface area contributed by atoms with Crippen LogP contribution in [0.2, 0.25) is 5.02 Å². The summed E-state index contributed by atoms with van der Waals surface area (Å²) in [5.74, 6) is 0.891. The summed E-state index contributed by atoms with van der Waals surface area (Å²) < 4.78 is 24.8. The van der Waals surface area contributed by atoms with Crippen molar-refractivity contribution in [2.24, 2.45) is 0 Å². The van der Waals surface area contributed by atoms with Crippen LogP contribution in [-0.2, 0) is 6.42 Å². The molecule has 168 valence electrons. The molecule has 33 heavy (non-hydrogen) atoms. The fraction of sp³-hybridized carbons (Fsp3) is 0.240. The average molecular weight is 466 g/mol. The molecule has 1 fully saturated rings. The number of rotatable bonds is 5. The van der Waals surface area contributed by atoms with Crippen LogP contribution < -0.4 is 0 Å². The van der Waals surface area contributed by atoms with Gasteiger partial charge in [0.05, 0.1) is 12.1 Å². The van der Waals surface area contributed by atoms with E-state index in [9.17, 15) is 9.18 Å². The third-order valence-electron chi connectivity index (χ3n) is 5.74. The first-order valence-corrected chi connectivity index (χ1v) is 11.1. The minimum Gasteiger partial charge on any atom is -0.445 e. The van der Waals surface area contributed by atoms with Gasteiger partial charge in [0.2, 0.25) is 5.76 Å². The van der Waals surface area contributed by atoms with Gasteiger partial charge in [-0.1, -0.05) is 41.0 Å². The van der Waals surface area contributed by atoms with Crippen molar-refractivity contribution in [1.82, 2.24) is 15.0 Å². The van der Waals surface area contributed by atoms with Crippen LogP contribution in [0.1, 0.15) is 46.5 Å². The van der Waals surface area contributed by atoms with Gasteiger partial charge in [0, 0.05) is 36.2 Å². The largest absolute Gasteiger partial charge is 0.445 e. The molecule has 0 spiro atoms. The number of likely N-dealkylation sites (tertiary alicyclic amines) is 1. The van der Waals surface area contributed by atoms with Gasteiger partial charge < -0.3 is 13.8 Å². The Morgan fingerprint density at radius 1 is 1.18 bits per heavy atom. The molecule has 1 amide bonds. The highest BCUT2D eigenvalue weighted by Gasteiger charge is 2.30. The molecular formula is C25H21ClFN3O3. The van der Waals surface area contributed by atoms with Gasteiger partial charge in [-0.05, 0) is 42.7 Å². The molecule has 1 aliphatic rings. The van der Waals surface area contributed by atoms with Gasteiger partial charge in [0.15, 0.2) is 5.89 Å². The number of carbonyl (C=O) groups is 1. The van der Waals surface area contributed by atoms with Crippen molar-refractivity contribution in [3.8, 4) is 11.3 Å². The monoisotopic (exact) mass is 465 g/mol. The molecule has 5 rings (SSSR count). The highest BCUT2D eigenvalue weighted by Crippen LogP contribution is 2.29. The van der Waals surface area contributed by atoms with Crippen molar-refractivity contribution in [2.45, 2.75) is 25.2 Å². The zero-order chi connectivity index (χ0) is 22.8.